The second-order valence-corrected chi connectivity index (χ2v) is 5.65. The van der Waals surface area contributed by atoms with Crippen molar-refractivity contribution in [2.75, 3.05) is 13.1 Å². The molecule has 0 saturated carbocycles. The Morgan fingerprint density at radius 3 is 3.00 bits per heavy atom. The maximum absolute atomic E-state index is 12.0. The van der Waals surface area contributed by atoms with Gasteiger partial charge in [-0.05, 0) is 35.2 Å². The van der Waals surface area contributed by atoms with Crippen LogP contribution in [0.5, 0.6) is 6.01 Å². The summed E-state index contributed by atoms with van der Waals surface area (Å²) in [6, 6.07) is 0.360. The van der Waals surface area contributed by atoms with Crippen molar-refractivity contribution < 1.29 is 9.53 Å². The molecule has 20 heavy (non-hydrogen) atoms. The molecule has 0 bridgehead atoms. The molecule has 108 valence electrons. The van der Waals surface area contributed by atoms with E-state index in [1.807, 2.05) is 4.90 Å². The number of piperidine rings is 1. The molecule has 1 unspecified atom stereocenters. The van der Waals surface area contributed by atoms with Crippen LogP contribution in [0.2, 0.25) is 0 Å². The lowest BCUT2D eigenvalue weighted by molar-refractivity contribution is -0.133. The number of likely N-dealkylation sites (tertiary alicyclic amines) is 1. The van der Waals surface area contributed by atoms with Gasteiger partial charge in [-0.2, -0.15) is 0 Å². The highest BCUT2D eigenvalue weighted by Crippen LogP contribution is 2.17. The van der Waals surface area contributed by atoms with Crippen molar-refractivity contribution >= 4 is 21.8 Å². The van der Waals surface area contributed by atoms with Crippen LogP contribution in [-0.2, 0) is 4.79 Å². The fourth-order valence-electron chi connectivity index (χ4n) is 2.15. The molecule has 1 aromatic heterocycles. The third kappa shape index (κ3) is 4.30. The van der Waals surface area contributed by atoms with Gasteiger partial charge in [0, 0.05) is 25.4 Å². The van der Waals surface area contributed by atoms with Crippen molar-refractivity contribution in [3.05, 3.63) is 29.5 Å². The van der Waals surface area contributed by atoms with Crippen LogP contribution in [0.4, 0.5) is 0 Å². The van der Waals surface area contributed by atoms with Crippen molar-refractivity contribution in [1.29, 1.82) is 0 Å². The first kappa shape index (κ1) is 15.0. The summed E-state index contributed by atoms with van der Waals surface area (Å²) in [6.45, 7) is 5.05. The lowest BCUT2D eigenvalue weighted by atomic mass is 10.1. The number of ether oxygens (including phenoxy) is 1. The summed E-state index contributed by atoms with van der Waals surface area (Å²) < 4.78 is 6.55. The van der Waals surface area contributed by atoms with Gasteiger partial charge in [-0.25, -0.2) is 9.97 Å². The van der Waals surface area contributed by atoms with Crippen LogP contribution < -0.4 is 4.74 Å². The minimum Gasteiger partial charge on any atom is -0.458 e. The van der Waals surface area contributed by atoms with E-state index in [0.717, 1.165) is 30.3 Å². The van der Waals surface area contributed by atoms with E-state index >= 15 is 0 Å². The van der Waals surface area contributed by atoms with E-state index < -0.39 is 0 Å². The Hall–Kier alpha value is -1.43. The molecule has 1 atom stereocenters. The molecule has 0 N–H and O–H groups in total. The maximum Gasteiger partial charge on any atom is 0.316 e. The molecule has 6 heteroatoms. The Bertz CT molecular complexity index is 464. The Morgan fingerprint density at radius 1 is 1.55 bits per heavy atom. The number of aromatic nitrogens is 2. The molecule has 1 amide bonds. The quantitative estimate of drug-likeness (QED) is 0.773. The van der Waals surface area contributed by atoms with Crippen LogP contribution >= 0.6 is 15.9 Å². The van der Waals surface area contributed by atoms with Crippen LogP contribution in [0, 0.1) is 0 Å². The van der Waals surface area contributed by atoms with E-state index in [2.05, 4.69) is 32.5 Å². The van der Waals surface area contributed by atoms with Crippen LogP contribution in [0.15, 0.2) is 29.5 Å². The van der Waals surface area contributed by atoms with E-state index in [9.17, 15) is 4.79 Å². The van der Waals surface area contributed by atoms with E-state index in [0.29, 0.717) is 19.0 Å². The molecule has 0 spiro atoms. The summed E-state index contributed by atoms with van der Waals surface area (Å²) in [7, 11) is 0. The number of carbonyl (C=O) groups excluding carboxylic acids is 1. The van der Waals surface area contributed by atoms with Crippen LogP contribution in [0.1, 0.15) is 25.7 Å². The third-order valence-corrected chi connectivity index (χ3v) is 3.57. The van der Waals surface area contributed by atoms with Crippen molar-refractivity contribution in [3.63, 3.8) is 0 Å². The second kappa shape index (κ2) is 7.38. The average Bonchev–Trinajstić information content (AvgIpc) is 2.47. The van der Waals surface area contributed by atoms with Crippen LogP contribution in [0.3, 0.4) is 0 Å². The van der Waals surface area contributed by atoms with Gasteiger partial charge >= 0.3 is 6.01 Å². The fourth-order valence-corrected chi connectivity index (χ4v) is 2.36. The zero-order chi connectivity index (χ0) is 14.4. The molecule has 1 aliphatic rings. The molecule has 1 saturated heterocycles. The molecule has 1 aliphatic heterocycles. The summed E-state index contributed by atoms with van der Waals surface area (Å²) in [5.74, 6) is 0.162. The smallest absolute Gasteiger partial charge is 0.316 e. The summed E-state index contributed by atoms with van der Waals surface area (Å²) in [6.07, 6.45) is 8.15. The Morgan fingerprint density at radius 2 is 2.30 bits per heavy atom. The van der Waals surface area contributed by atoms with E-state index in [1.165, 1.54) is 0 Å². The Labute approximate surface area is 127 Å². The molecule has 0 aromatic carbocycles. The minimum atomic E-state index is -0.0300. The number of rotatable bonds is 5. The largest absolute Gasteiger partial charge is 0.458 e. The van der Waals surface area contributed by atoms with E-state index in [-0.39, 0.29) is 12.0 Å². The fraction of sp³-hybridized carbons (Fsp3) is 0.500. The average molecular weight is 340 g/mol. The normalized spacial score (nSPS) is 18.6. The number of hydrogen-bond acceptors (Lipinski definition) is 4. The molecule has 5 nitrogen and oxygen atoms in total. The SMILES string of the molecule is C=CCCC(=O)N1CCCC(Oc2ncc(Br)cn2)C1. The van der Waals surface area contributed by atoms with Crippen LogP contribution in [-0.4, -0.2) is 40.0 Å². The predicted octanol–water partition coefficient (Wildman–Crippen LogP) is 2.58. The maximum atomic E-state index is 12.0. The predicted molar refractivity (Wildman–Crippen MR) is 79.4 cm³/mol. The van der Waals surface area contributed by atoms with E-state index in [1.54, 1.807) is 18.5 Å². The van der Waals surface area contributed by atoms with Gasteiger partial charge in [-0.1, -0.05) is 6.08 Å². The first-order valence-electron chi connectivity index (χ1n) is 6.72. The summed E-state index contributed by atoms with van der Waals surface area (Å²) in [5, 5.41) is 0. The zero-order valence-electron chi connectivity index (χ0n) is 11.3. The van der Waals surface area contributed by atoms with Gasteiger partial charge in [0.1, 0.15) is 6.10 Å². The third-order valence-electron chi connectivity index (χ3n) is 3.16. The van der Waals surface area contributed by atoms with Crippen LogP contribution in [0.25, 0.3) is 0 Å². The first-order valence-corrected chi connectivity index (χ1v) is 7.51. The number of allylic oxidation sites excluding steroid dienone is 1. The highest BCUT2D eigenvalue weighted by Gasteiger charge is 2.24. The van der Waals surface area contributed by atoms with Gasteiger partial charge in [0.05, 0.1) is 11.0 Å². The number of carbonyl (C=O) groups is 1. The summed E-state index contributed by atoms with van der Waals surface area (Å²) in [5.41, 5.74) is 0. The summed E-state index contributed by atoms with van der Waals surface area (Å²) >= 11 is 3.28. The molecule has 2 heterocycles. The second-order valence-electron chi connectivity index (χ2n) is 4.73. The first-order chi connectivity index (χ1) is 9.69. The molecule has 1 aromatic rings. The lowest BCUT2D eigenvalue weighted by Crippen LogP contribution is -2.44. The van der Waals surface area contributed by atoms with Gasteiger partial charge in [0.25, 0.3) is 0 Å². The molecular weight excluding hydrogens is 322 g/mol. The number of amides is 1. The Kier molecular flexibility index (Phi) is 5.52. The topological polar surface area (TPSA) is 55.3 Å². The highest BCUT2D eigenvalue weighted by molar-refractivity contribution is 9.10. The van der Waals surface area contributed by atoms with Crippen molar-refractivity contribution in [2.24, 2.45) is 0 Å². The van der Waals surface area contributed by atoms with Gasteiger partial charge < -0.3 is 9.64 Å². The van der Waals surface area contributed by atoms with Crippen molar-refractivity contribution in [2.45, 2.75) is 31.8 Å². The van der Waals surface area contributed by atoms with E-state index in [4.69, 9.17) is 4.74 Å². The highest BCUT2D eigenvalue weighted by atomic mass is 79.9. The van der Waals surface area contributed by atoms with Crippen molar-refractivity contribution in [1.82, 2.24) is 14.9 Å². The summed E-state index contributed by atoms with van der Waals surface area (Å²) in [4.78, 5) is 22.0. The zero-order valence-corrected chi connectivity index (χ0v) is 12.9. The molecule has 1 fully saturated rings. The molecule has 2 rings (SSSR count). The van der Waals surface area contributed by atoms with Gasteiger partial charge in [0.15, 0.2) is 0 Å². The Balaban J connectivity index is 1.88. The number of hydrogen-bond donors (Lipinski definition) is 0. The minimum absolute atomic E-state index is 0.0300. The lowest BCUT2D eigenvalue weighted by Gasteiger charge is -2.32. The molecular formula is C14H18BrN3O2. The molecule has 0 radical (unpaired) electrons. The van der Waals surface area contributed by atoms with Gasteiger partial charge in [-0.3, -0.25) is 4.79 Å². The van der Waals surface area contributed by atoms with Gasteiger partial charge in [0.2, 0.25) is 5.91 Å². The van der Waals surface area contributed by atoms with Gasteiger partial charge in [-0.15, -0.1) is 6.58 Å². The van der Waals surface area contributed by atoms with Crippen molar-refractivity contribution in [3.8, 4) is 6.01 Å². The molecule has 0 aliphatic carbocycles. The number of halogens is 1. The standard InChI is InChI=1S/C14H18BrN3O2/c1-2-3-6-13(19)18-7-4-5-12(10-18)20-14-16-8-11(15)9-17-14/h2,8-9,12H,1,3-7,10H2. The monoisotopic (exact) mass is 339 g/mol. The number of nitrogens with zero attached hydrogens (tertiary/aromatic N) is 3.